The third-order valence-corrected chi connectivity index (χ3v) is 4.92. The Morgan fingerprint density at radius 3 is 2.61 bits per heavy atom. The third-order valence-electron chi connectivity index (χ3n) is 4.92. The van der Waals surface area contributed by atoms with Crippen LogP contribution in [0.3, 0.4) is 0 Å². The number of hydrogen-bond donors (Lipinski definition) is 1. The van der Waals surface area contributed by atoms with Gasteiger partial charge in [-0.2, -0.15) is 0 Å². The molecule has 9 heteroatoms. The van der Waals surface area contributed by atoms with Crippen molar-refractivity contribution >= 4 is 22.9 Å². The van der Waals surface area contributed by atoms with Crippen molar-refractivity contribution in [1.29, 1.82) is 0 Å². The number of amides is 1. The number of nitrogens with one attached hydrogen (secondary N) is 1. The normalized spacial score (nSPS) is 11.7. The van der Waals surface area contributed by atoms with Crippen molar-refractivity contribution in [3.05, 3.63) is 83.2 Å². The van der Waals surface area contributed by atoms with Crippen molar-refractivity contribution in [3.8, 4) is 22.8 Å². The lowest BCUT2D eigenvalue weighted by Crippen LogP contribution is -2.30. The number of carbonyl (C=O) groups excluding carboxylic acids is 1. The molecule has 0 radical (unpaired) electrons. The van der Waals surface area contributed by atoms with Crippen LogP contribution in [0.2, 0.25) is 0 Å². The maximum Gasteiger partial charge on any atom is 0.286 e. The van der Waals surface area contributed by atoms with Gasteiger partial charge < -0.3 is 14.8 Å². The number of nitrogens with zero attached hydrogens (tertiary/aromatic N) is 3. The predicted molar refractivity (Wildman–Crippen MR) is 124 cm³/mol. The molecule has 33 heavy (non-hydrogen) atoms. The van der Waals surface area contributed by atoms with E-state index in [9.17, 15) is 14.9 Å². The molecule has 0 saturated carbocycles. The molecule has 0 aliphatic heterocycles. The molecule has 2 heterocycles. The third kappa shape index (κ3) is 4.93. The average Bonchev–Trinajstić information content (AvgIpc) is 3.24. The SMILES string of the molecule is CCOc1ccccc1NC(=O)C(C)Oc1ccc(-c2cn3cc([N+](=O)[O-])ccc3n2)cc1. The summed E-state index contributed by atoms with van der Waals surface area (Å²) in [5.74, 6) is 0.828. The molecular weight excluding hydrogens is 424 g/mol. The second kappa shape index (κ2) is 9.39. The number of fused-ring (bicyclic) bond motifs is 1. The summed E-state index contributed by atoms with van der Waals surface area (Å²) < 4.78 is 12.9. The quantitative estimate of drug-likeness (QED) is 0.310. The molecule has 0 aliphatic rings. The highest BCUT2D eigenvalue weighted by Gasteiger charge is 2.17. The van der Waals surface area contributed by atoms with Crippen LogP contribution in [-0.2, 0) is 4.79 Å². The number of carbonyl (C=O) groups is 1. The molecule has 0 bridgehead atoms. The Kier molecular flexibility index (Phi) is 6.21. The zero-order valence-electron chi connectivity index (χ0n) is 18.1. The summed E-state index contributed by atoms with van der Waals surface area (Å²) in [5, 5.41) is 13.8. The smallest absolute Gasteiger partial charge is 0.286 e. The monoisotopic (exact) mass is 446 g/mol. The second-order valence-electron chi connectivity index (χ2n) is 7.24. The first kappa shape index (κ1) is 21.8. The molecule has 1 N–H and O–H groups in total. The van der Waals surface area contributed by atoms with Crippen LogP contribution in [0.4, 0.5) is 11.4 Å². The van der Waals surface area contributed by atoms with Crippen LogP contribution in [0, 0.1) is 10.1 Å². The fourth-order valence-corrected chi connectivity index (χ4v) is 3.27. The Labute approximate surface area is 189 Å². The first-order valence-electron chi connectivity index (χ1n) is 10.4. The van der Waals surface area contributed by atoms with Crippen LogP contribution < -0.4 is 14.8 Å². The molecular formula is C24H22N4O5. The number of rotatable bonds is 8. The lowest BCUT2D eigenvalue weighted by molar-refractivity contribution is -0.385. The van der Waals surface area contributed by atoms with Gasteiger partial charge in [-0.25, -0.2) is 4.98 Å². The van der Waals surface area contributed by atoms with E-state index in [0.29, 0.717) is 35.1 Å². The van der Waals surface area contributed by atoms with E-state index >= 15 is 0 Å². The zero-order chi connectivity index (χ0) is 23.4. The van der Waals surface area contributed by atoms with Crippen LogP contribution in [-0.4, -0.2) is 32.9 Å². The van der Waals surface area contributed by atoms with E-state index in [1.165, 1.54) is 12.3 Å². The van der Waals surface area contributed by atoms with Crippen LogP contribution in [0.5, 0.6) is 11.5 Å². The number of benzene rings is 2. The Morgan fingerprint density at radius 1 is 1.12 bits per heavy atom. The molecule has 4 rings (SSSR count). The first-order chi connectivity index (χ1) is 15.9. The van der Waals surface area contributed by atoms with Gasteiger partial charge in [-0.05, 0) is 56.3 Å². The standard InChI is InChI=1S/C24H22N4O5/c1-3-32-22-7-5-4-6-20(22)26-24(29)16(2)33-19-11-8-17(9-12-19)21-15-27-14-18(28(30)31)10-13-23(27)25-21/h4-16H,3H2,1-2H3,(H,26,29). The summed E-state index contributed by atoms with van der Waals surface area (Å²) >= 11 is 0. The highest BCUT2D eigenvalue weighted by molar-refractivity contribution is 5.95. The zero-order valence-corrected chi connectivity index (χ0v) is 18.1. The van der Waals surface area contributed by atoms with Crippen molar-refractivity contribution in [1.82, 2.24) is 9.38 Å². The van der Waals surface area contributed by atoms with Gasteiger partial charge in [0.25, 0.3) is 11.6 Å². The van der Waals surface area contributed by atoms with Crippen molar-refractivity contribution in [2.45, 2.75) is 20.0 Å². The molecule has 0 saturated heterocycles. The van der Waals surface area contributed by atoms with E-state index < -0.39 is 11.0 Å². The maximum absolute atomic E-state index is 12.6. The predicted octanol–water partition coefficient (Wildman–Crippen LogP) is 4.71. The number of aromatic nitrogens is 2. The number of para-hydroxylation sites is 2. The van der Waals surface area contributed by atoms with Crippen molar-refractivity contribution in [3.63, 3.8) is 0 Å². The molecule has 2 aromatic carbocycles. The number of pyridine rings is 1. The van der Waals surface area contributed by atoms with Crippen molar-refractivity contribution < 1.29 is 19.2 Å². The van der Waals surface area contributed by atoms with Gasteiger partial charge in [-0.1, -0.05) is 12.1 Å². The van der Waals surface area contributed by atoms with E-state index in [0.717, 1.165) is 5.56 Å². The minimum atomic E-state index is -0.735. The van der Waals surface area contributed by atoms with Gasteiger partial charge in [-0.15, -0.1) is 0 Å². The molecule has 2 aromatic heterocycles. The number of nitro groups is 1. The van der Waals surface area contributed by atoms with Gasteiger partial charge in [0.05, 0.1) is 29.1 Å². The number of ether oxygens (including phenoxy) is 2. The van der Waals surface area contributed by atoms with Crippen molar-refractivity contribution in [2.24, 2.45) is 0 Å². The van der Waals surface area contributed by atoms with Gasteiger partial charge in [0, 0.05) is 17.8 Å². The largest absolute Gasteiger partial charge is 0.492 e. The molecule has 1 atom stereocenters. The Balaban J connectivity index is 1.43. The summed E-state index contributed by atoms with van der Waals surface area (Å²) in [6.07, 6.45) is 2.42. The molecule has 168 valence electrons. The van der Waals surface area contributed by atoms with Gasteiger partial charge in [0.2, 0.25) is 0 Å². The summed E-state index contributed by atoms with van der Waals surface area (Å²) in [7, 11) is 0. The van der Waals surface area contributed by atoms with Gasteiger partial charge in [0.15, 0.2) is 6.10 Å². The second-order valence-corrected chi connectivity index (χ2v) is 7.24. The van der Waals surface area contributed by atoms with Crippen molar-refractivity contribution in [2.75, 3.05) is 11.9 Å². The van der Waals surface area contributed by atoms with Crippen LogP contribution in [0.1, 0.15) is 13.8 Å². The highest BCUT2D eigenvalue weighted by atomic mass is 16.6. The Bertz CT molecular complexity index is 1300. The highest BCUT2D eigenvalue weighted by Crippen LogP contribution is 2.26. The average molecular weight is 446 g/mol. The summed E-state index contributed by atoms with van der Waals surface area (Å²) in [5.41, 5.74) is 2.67. The van der Waals surface area contributed by atoms with Gasteiger partial charge in [-0.3, -0.25) is 19.3 Å². The lowest BCUT2D eigenvalue weighted by Gasteiger charge is -2.16. The molecule has 0 spiro atoms. The first-order valence-corrected chi connectivity index (χ1v) is 10.4. The van der Waals surface area contributed by atoms with E-state index in [-0.39, 0.29) is 11.6 Å². The van der Waals surface area contributed by atoms with Crippen LogP contribution >= 0.6 is 0 Å². The molecule has 1 unspecified atom stereocenters. The number of anilines is 1. The number of imidazole rings is 1. The fraction of sp³-hybridized carbons (Fsp3) is 0.167. The topological polar surface area (TPSA) is 108 Å². The maximum atomic E-state index is 12.6. The summed E-state index contributed by atoms with van der Waals surface area (Å²) in [4.78, 5) is 27.6. The molecule has 1 amide bonds. The summed E-state index contributed by atoms with van der Waals surface area (Å²) in [6, 6.07) is 17.4. The van der Waals surface area contributed by atoms with Crippen LogP contribution in [0.15, 0.2) is 73.1 Å². The molecule has 0 aliphatic carbocycles. The molecule has 4 aromatic rings. The minimum absolute atomic E-state index is 0.00802. The van der Waals surface area contributed by atoms with E-state index in [1.807, 2.05) is 31.2 Å². The lowest BCUT2D eigenvalue weighted by atomic mass is 10.1. The summed E-state index contributed by atoms with van der Waals surface area (Å²) in [6.45, 7) is 4.04. The molecule has 0 fully saturated rings. The van der Waals surface area contributed by atoms with Gasteiger partial charge >= 0.3 is 0 Å². The van der Waals surface area contributed by atoms with E-state index in [2.05, 4.69) is 10.3 Å². The Morgan fingerprint density at radius 2 is 1.88 bits per heavy atom. The minimum Gasteiger partial charge on any atom is -0.492 e. The molecule has 9 nitrogen and oxygen atoms in total. The van der Waals surface area contributed by atoms with Gasteiger partial charge in [0.1, 0.15) is 17.1 Å². The van der Waals surface area contributed by atoms with Crippen LogP contribution in [0.25, 0.3) is 16.9 Å². The Hall–Kier alpha value is -4.40. The fourth-order valence-electron chi connectivity index (χ4n) is 3.27. The van der Waals surface area contributed by atoms with E-state index in [1.54, 1.807) is 47.9 Å². The van der Waals surface area contributed by atoms with E-state index in [4.69, 9.17) is 9.47 Å². The number of hydrogen-bond acceptors (Lipinski definition) is 6.